The van der Waals surface area contributed by atoms with Gasteiger partial charge in [0.05, 0.1) is 21.2 Å². The van der Waals surface area contributed by atoms with Crippen LogP contribution in [0.4, 0.5) is 80.7 Å². The number of amides is 2. The number of benzene rings is 8. The largest absolute Gasteiger partial charge is 0.324 e. The smallest absolute Gasteiger partial charge is 0.296 e. The fourth-order valence-corrected chi connectivity index (χ4v) is 15.4. The Labute approximate surface area is 617 Å². The molecule has 0 saturated heterocycles. The van der Waals surface area contributed by atoms with Crippen molar-refractivity contribution in [1.29, 1.82) is 0 Å². The second kappa shape index (κ2) is 29.8. The van der Waals surface area contributed by atoms with Crippen molar-refractivity contribution < 1.29 is 113 Å². The van der Waals surface area contributed by atoms with Crippen LogP contribution in [0.3, 0.4) is 0 Å². The Hall–Kier alpha value is -10.8. The van der Waals surface area contributed by atoms with Crippen LogP contribution < -0.4 is 31.9 Å². The minimum absolute atomic E-state index is 0.0621. The zero-order valence-electron chi connectivity index (χ0n) is 53.1. The van der Waals surface area contributed by atoms with E-state index in [1.54, 1.807) is 0 Å². The molecule has 0 bridgehead atoms. The molecule has 2 aromatic heterocycles. The van der Waals surface area contributed by atoms with Crippen LogP contribution in [0.15, 0.2) is 181 Å². The van der Waals surface area contributed by atoms with Crippen molar-refractivity contribution in [3.63, 3.8) is 0 Å². The summed E-state index contributed by atoms with van der Waals surface area (Å²) in [6.07, 6.45) is 2.11. The molecule has 0 aliphatic carbocycles. The van der Waals surface area contributed by atoms with E-state index in [9.17, 15) is 113 Å². The summed E-state index contributed by atoms with van der Waals surface area (Å²) in [5.41, 5.74) is -2.98. The number of nitrogens with one attached hydrogen (secondary N) is 6. The topological polar surface area (TPSA) is 668 Å². The molecule has 0 aliphatic heterocycles. The van der Waals surface area contributed by atoms with E-state index < -0.39 is 175 Å². The molecule has 10 aromatic rings. The standard InChI is InChI=1S/C56H42Cl2N16O26S8/c1-25(75)59-41-17-31(9-11-39(41)71-73-43-23-37-29(15-49(43)107(95,96)97)13-35(101(77,78)79)21-47(37)105(89,90)91)61-53-65-51(57)67-55(69-53)63-33-7-5-27(45(19-33)103(83,84)85)3-4-28-6-8-34(20-46(28)104(86,87)88)64-56-68-52(58)66-54(70-56)62-32-10-12-40(42(18-32)60-26(2)76)72-74-44-24-38-30(16-50(44)108(98,99)100)14-36(102(80,81)82)22-48(38)106(92,93)94/h3-24H,1-2H3,(H,59,75)(H,60,76)(H,77,78,79)(H,80,81,82)(H,83,84,85)(H,86,87,88)(H,89,90,91)(H,92,93,94)(H,95,96,97)(H,98,99,100)(H2,61,63,65,67,69)(H2,62,64,66,68,70). The normalized spacial score (nSPS) is 12.8. The molecule has 10 rings (SSSR count). The van der Waals surface area contributed by atoms with E-state index in [1.165, 1.54) is 48.5 Å². The molecule has 2 amide bonds. The summed E-state index contributed by atoms with van der Waals surface area (Å²) in [5.74, 6) is -2.77. The number of hydrogen-bond acceptors (Lipinski definition) is 32. The Balaban J connectivity index is 0.866. The van der Waals surface area contributed by atoms with Crippen molar-refractivity contribution in [2.75, 3.05) is 31.9 Å². The predicted molar refractivity (Wildman–Crippen MR) is 381 cm³/mol. The van der Waals surface area contributed by atoms with Crippen LogP contribution in [0.1, 0.15) is 25.0 Å². The molecule has 14 N–H and O–H groups in total. The number of anilines is 10. The average molecular weight is 1680 g/mol. The monoisotopic (exact) mass is 1680 g/mol. The Morgan fingerprint density at radius 2 is 0.620 bits per heavy atom. The van der Waals surface area contributed by atoms with E-state index >= 15 is 0 Å². The molecule has 42 nitrogen and oxygen atoms in total. The first-order valence-electron chi connectivity index (χ1n) is 28.5. The molecule has 0 unspecified atom stereocenters. The number of carbonyl (C=O) groups is 2. The van der Waals surface area contributed by atoms with Crippen molar-refractivity contribution in [3.8, 4) is 0 Å². The third-order valence-corrected chi connectivity index (χ3v) is 21.4. The lowest BCUT2D eigenvalue weighted by Gasteiger charge is -2.13. The van der Waals surface area contributed by atoms with Gasteiger partial charge in [-0.25, -0.2) is 0 Å². The second-order valence-corrected chi connectivity index (χ2v) is 33.7. The van der Waals surface area contributed by atoms with Gasteiger partial charge in [-0.2, -0.15) is 97.2 Å². The first-order valence-corrected chi connectivity index (χ1v) is 40.8. The SMILES string of the molecule is CC(=O)Nc1cc(Nc2nc(Cl)nc(Nc3ccc(C=Cc4ccc(Nc5nc(Cl)nc(Nc6ccc(N=Nc7cc8c(S(=O)(=O)O)cc(S(=O)(=O)O)cc8cc7S(=O)(=O)O)c(NC(C)=O)c6)n5)cc4S(=O)(=O)O)c(S(=O)(=O)O)c3)n2)ccc1N=Nc1cc2c(S(=O)(=O)O)cc(S(=O)(=O)O)cc2cc1S(=O)(=O)O. The fraction of sp³-hybridized carbons (Fsp3) is 0.0357. The Kier molecular flexibility index (Phi) is 22.0. The van der Waals surface area contributed by atoms with E-state index in [1.807, 2.05) is 0 Å². The highest BCUT2D eigenvalue weighted by molar-refractivity contribution is 7.88. The lowest BCUT2D eigenvalue weighted by molar-refractivity contribution is -0.115. The van der Waals surface area contributed by atoms with E-state index in [0.717, 1.165) is 50.3 Å². The van der Waals surface area contributed by atoms with Gasteiger partial charge in [-0.05, 0) is 154 Å². The lowest BCUT2D eigenvalue weighted by atomic mass is 10.1. The molecule has 0 radical (unpaired) electrons. The molecule has 0 fully saturated rings. The summed E-state index contributed by atoms with van der Waals surface area (Å²) in [6, 6.07) is 18.7. The first-order chi connectivity index (χ1) is 49.9. The van der Waals surface area contributed by atoms with E-state index in [0.29, 0.717) is 48.5 Å². The first kappa shape index (κ1) is 79.8. The van der Waals surface area contributed by atoms with Gasteiger partial charge >= 0.3 is 0 Å². The van der Waals surface area contributed by atoms with Crippen LogP contribution in [0.5, 0.6) is 0 Å². The number of halogens is 2. The van der Waals surface area contributed by atoms with Gasteiger partial charge in [-0.15, -0.1) is 20.5 Å². The van der Waals surface area contributed by atoms with Gasteiger partial charge in [0.15, 0.2) is 0 Å². The lowest BCUT2D eigenvalue weighted by Crippen LogP contribution is -2.07. The maximum atomic E-state index is 12.9. The van der Waals surface area contributed by atoms with Crippen molar-refractivity contribution >= 4 is 230 Å². The maximum Gasteiger partial charge on any atom is 0.296 e. The summed E-state index contributed by atoms with van der Waals surface area (Å²) in [7, 11) is -41.8. The van der Waals surface area contributed by atoms with E-state index in [2.05, 4.69) is 82.3 Å². The Morgan fingerprint density at radius 1 is 0.333 bits per heavy atom. The molecule has 0 aliphatic rings. The number of hydrogen-bond donors (Lipinski definition) is 14. The third kappa shape index (κ3) is 19.5. The van der Waals surface area contributed by atoms with Crippen LogP contribution in [0, 0.1) is 0 Å². The summed E-state index contributed by atoms with van der Waals surface area (Å²) < 4.78 is 279. The van der Waals surface area contributed by atoms with Crippen LogP contribution in [-0.4, -0.2) is 145 Å². The van der Waals surface area contributed by atoms with Crippen molar-refractivity contribution in [2.24, 2.45) is 20.5 Å². The fourth-order valence-electron chi connectivity index (χ4n) is 9.69. The molecular formula is C56H42Cl2N16O26S8. The van der Waals surface area contributed by atoms with Gasteiger partial charge in [-0.1, -0.05) is 24.3 Å². The van der Waals surface area contributed by atoms with Gasteiger partial charge < -0.3 is 31.9 Å². The summed E-state index contributed by atoms with van der Waals surface area (Å²) in [4.78, 5) is 41.0. The summed E-state index contributed by atoms with van der Waals surface area (Å²) in [5, 5.41) is 28.3. The molecule has 0 spiro atoms. The van der Waals surface area contributed by atoms with Gasteiger partial charge in [0, 0.05) is 47.4 Å². The molecule has 52 heteroatoms. The van der Waals surface area contributed by atoms with E-state index in [4.69, 9.17) is 23.2 Å². The van der Waals surface area contributed by atoms with Gasteiger partial charge in [-0.3, -0.25) is 46.0 Å². The van der Waals surface area contributed by atoms with Crippen molar-refractivity contribution in [3.05, 3.63) is 143 Å². The van der Waals surface area contributed by atoms with Crippen LogP contribution in [-0.2, 0) is 90.5 Å². The van der Waals surface area contributed by atoms with Crippen molar-refractivity contribution in [2.45, 2.75) is 53.0 Å². The highest BCUT2D eigenvalue weighted by Crippen LogP contribution is 2.41. The van der Waals surface area contributed by atoms with Crippen molar-refractivity contribution in [1.82, 2.24) is 29.9 Å². The quantitative estimate of drug-likeness (QED) is 0.0152. The molecule has 8 aromatic carbocycles. The number of rotatable bonds is 24. The molecular weight excluding hydrogens is 1640 g/mol. The number of aromatic nitrogens is 6. The molecule has 564 valence electrons. The van der Waals surface area contributed by atoms with Gasteiger partial charge in [0.25, 0.3) is 80.9 Å². The van der Waals surface area contributed by atoms with Crippen LogP contribution in [0.25, 0.3) is 33.7 Å². The number of carbonyl (C=O) groups excluding carboxylic acids is 2. The van der Waals surface area contributed by atoms with Gasteiger partial charge in [0.1, 0.15) is 52.1 Å². The van der Waals surface area contributed by atoms with Crippen LogP contribution in [0.2, 0.25) is 10.6 Å². The minimum Gasteiger partial charge on any atom is -0.324 e. The zero-order valence-corrected chi connectivity index (χ0v) is 61.2. The van der Waals surface area contributed by atoms with Gasteiger partial charge in [0.2, 0.25) is 46.2 Å². The molecule has 0 atom stereocenters. The maximum absolute atomic E-state index is 12.9. The highest BCUT2D eigenvalue weighted by atomic mass is 35.5. The average Bonchev–Trinajstić information content (AvgIpc) is 0.755. The molecule has 0 saturated carbocycles. The summed E-state index contributed by atoms with van der Waals surface area (Å²) in [6.45, 7) is 2.18. The predicted octanol–water partition coefficient (Wildman–Crippen LogP) is 9.54. The number of fused-ring (bicyclic) bond motifs is 2. The number of nitrogens with zero attached hydrogens (tertiary/aromatic N) is 10. The summed E-state index contributed by atoms with van der Waals surface area (Å²) >= 11 is 12.5. The molecule has 108 heavy (non-hydrogen) atoms. The highest BCUT2D eigenvalue weighted by Gasteiger charge is 2.28. The Morgan fingerprint density at radius 3 is 0.907 bits per heavy atom. The third-order valence-electron chi connectivity index (χ3n) is 14.1. The van der Waals surface area contributed by atoms with Crippen LogP contribution >= 0.6 is 23.2 Å². The number of azo groups is 2. The minimum atomic E-state index is -5.30. The van der Waals surface area contributed by atoms with E-state index in [-0.39, 0.29) is 80.4 Å². The molecule has 2 heterocycles. The second-order valence-electron chi connectivity index (χ2n) is 21.8. The Bertz CT molecular complexity index is 6230. The zero-order chi connectivity index (χ0) is 79.3.